The summed E-state index contributed by atoms with van der Waals surface area (Å²) in [4.78, 5) is 22.1. The number of non-ortho nitro benzene ring substituents is 1. The molecule has 1 aliphatic rings. The summed E-state index contributed by atoms with van der Waals surface area (Å²) in [6, 6.07) is 10.0. The summed E-state index contributed by atoms with van der Waals surface area (Å²) in [7, 11) is 0. The summed E-state index contributed by atoms with van der Waals surface area (Å²) in [5.41, 5.74) is -0.0722. The first-order valence-corrected chi connectivity index (χ1v) is 6.00. The molecule has 0 bridgehead atoms. The van der Waals surface area contributed by atoms with Crippen LogP contribution in [0.4, 0.5) is 5.69 Å². The molecule has 7 nitrogen and oxygen atoms in total. The third-order valence-electron chi connectivity index (χ3n) is 2.85. The third kappa shape index (κ3) is 2.62. The molecule has 0 radical (unpaired) electrons. The van der Waals surface area contributed by atoms with E-state index in [1.807, 2.05) is 0 Å². The van der Waals surface area contributed by atoms with Crippen molar-refractivity contribution in [3.05, 3.63) is 58.1 Å². The van der Waals surface area contributed by atoms with Crippen molar-refractivity contribution < 1.29 is 23.9 Å². The second kappa shape index (κ2) is 5.12. The fraction of sp³-hybridized carbons (Fsp3) is 0.0714. The molecule has 21 heavy (non-hydrogen) atoms. The number of nitro benzene ring substituents is 1. The summed E-state index contributed by atoms with van der Waals surface area (Å²) in [5.74, 6) is 0.651. The molecule has 0 aromatic heterocycles. The molecule has 7 heteroatoms. The lowest BCUT2D eigenvalue weighted by Gasteiger charge is -2.05. The number of hydrogen-bond donors (Lipinski definition) is 0. The largest absolute Gasteiger partial charge is 0.454 e. The number of carbonyl (C=O) groups is 1. The van der Waals surface area contributed by atoms with E-state index < -0.39 is 10.9 Å². The molecule has 0 saturated heterocycles. The fourth-order valence-corrected chi connectivity index (χ4v) is 1.85. The van der Waals surface area contributed by atoms with Crippen molar-refractivity contribution in [3.8, 4) is 17.2 Å². The van der Waals surface area contributed by atoms with Gasteiger partial charge < -0.3 is 14.2 Å². The van der Waals surface area contributed by atoms with Gasteiger partial charge in [0.05, 0.1) is 10.5 Å². The van der Waals surface area contributed by atoms with Crippen LogP contribution in [0.1, 0.15) is 10.4 Å². The maximum absolute atomic E-state index is 12.0. The normalized spacial score (nSPS) is 12.0. The Balaban J connectivity index is 1.80. The van der Waals surface area contributed by atoms with Gasteiger partial charge in [-0.25, -0.2) is 4.79 Å². The summed E-state index contributed by atoms with van der Waals surface area (Å²) >= 11 is 0. The molecule has 0 aliphatic carbocycles. The molecule has 1 heterocycles. The average Bonchev–Trinajstić information content (AvgIpc) is 2.95. The topological polar surface area (TPSA) is 87.9 Å². The molecule has 0 fully saturated rings. The van der Waals surface area contributed by atoms with Crippen LogP contribution < -0.4 is 14.2 Å². The highest BCUT2D eigenvalue weighted by Gasteiger charge is 2.17. The quantitative estimate of drug-likeness (QED) is 0.373. The standard InChI is InChI=1S/C14H9NO6/c16-14(9-2-1-3-10(6-9)15(17)18)21-11-4-5-12-13(7-11)20-8-19-12/h1-7H,8H2. The first-order chi connectivity index (χ1) is 10.1. The van der Waals surface area contributed by atoms with E-state index in [9.17, 15) is 14.9 Å². The predicted octanol–water partition coefficient (Wildman–Crippen LogP) is 2.54. The number of rotatable bonds is 3. The number of carbonyl (C=O) groups excluding carboxylic acids is 1. The monoisotopic (exact) mass is 287 g/mol. The van der Waals surface area contributed by atoms with Gasteiger partial charge in [0, 0.05) is 18.2 Å². The number of esters is 1. The number of nitrogens with zero attached hydrogens (tertiary/aromatic N) is 1. The van der Waals surface area contributed by atoms with E-state index >= 15 is 0 Å². The number of benzene rings is 2. The maximum Gasteiger partial charge on any atom is 0.343 e. The molecule has 1 aliphatic heterocycles. The van der Waals surface area contributed by atoms with E-state index in [0.29, 0.717) is 11.5 Å². The molecule has 2 aromatic rings. The van der Waals surface area contributed by atoms with Gasteiger partial charge in [-0.05, 0) is 18.2 Å². The van der Waals surface area contributed by atoms with Gasteiger partial charge in [-0.1, -0.05) is 6.07 Å². The molecule has 0 saturated carbocycles. The molecule has 0 atom stereocenters. The van der Waals surface area contributed by atoms with E-state index in [1.54, 1.807) is 12.1 Å². The van der Waals surface area contributed by atoms with Gasteiger partial charge in [0.25, 0.3) is 5.69 Å². The first kappa shape index (κ1) is 12.9. The fourth-order valence-electron chi connectivity index (χ4n) is 1.85. The Hall–Kier alpha value is -3.09. The minimum atomic E-state index is -0.683. The zero-order valence-corrected chi connectivity index (χ0v) is 10.6. The molecule has 106 valence electrons. The van der Waals surface area contributed by atoms with Crippen molar-refractivity contribution in [2.45, 2.75) is 0 Å². The van der Waals surface area contributed by atoms with Crippen LogP contribution in [-0.4, -0.2) is 17.7 Å². The molecule has 0 amide bonds. The Morgan fingerprint density at radius 2 is 1.95 bits per heavy atom. The Labute approximate surface area is 118 Å². The third-order valence-corrected chi connectivity index (χ3v) is 2.85. The maximum atomic E-state index is 12.0. The zero-order valence-electron chi connectivity index (χ0n) is 10.6. The van der Waals surface area contributed by atoms with Crippen LogP contribution in [0.2, 0.25) is 0 Å². The van der Waals surface area contributed by atoms with E-state index in [4.69, 9.17) is 14.2 Å². The van der Waals surface area contributed by atoms with Crippen LogP contribution in [0.15, 0.2) is 42.5 Å². The van der Waals surface area contributed by atoms with Crippen molar-refractivity contribution in [3.63, 3.8) is 0 Å². The Morgan fingerprint density at radius 1 is 1.14 bits per heavy atom. The number of fused-ring (bicyclic) bond motifs is 1. The summed E-state index contributed by atoms with van der Waals surface area (Å²) in [6.45, 7) is 0.123. The molecular formula is C14H9NO6. The Morgan fingerprint density at radius 3 is 2.76 bits per heavy atom. The van der Waals surface area contributed by atoms with E-state index in [2.05, 4.69) is 0 Å². The molecule has 0 unspecified atom stereocenters. The highest BCUT2D eigenvalue weighted by atomic mass is 16.7. The van der Waals surface area contributed by atoms with Crippen LogP contribution in [0.25, 0.3) is 0 Å². The molecule has 0 N–H and O–H groups in total. The Bertz CT molecular complexity index is 727. The minimum absolute atomic E-state index is 0.0990. The van der Waals surface area contributed by atoms with Crippen molar-refractivity contribution in [2.24, 2.45) is 0 Å². The Kier molecular flexibility index (Phi) is 3.15. The van der Waals surface area contributed by atoms with Gasteiger partial charge in [-0.2, -0.15) is 0 Å². The van der Waals surface area contributed by atoms with Gasteiger partial charge in [-0.3, -0.25) is 10.1 Å². The average molecular weight is 287 g/mol. The lowest BCUT2D eigenvalue weighted by atomic mass is 10.2. The summed E-state index contributed by atoms with van der Waals surface area (Å²) < 4.78 is 15.5. The van der Waals surface area contributed by atoms with E-state index in [0.717, 1.165) is 6.07 Å². The lowest BCUT2D eigenvalue weighted by molar-refractivity contribution is -0.384. The van der Waals surface area contributed by atoms with E-state index in [1.165, 1.54) is 24.3 Å². The van der Waals surface area contributed by atoms with Crippen LogP contribution in [-0.2, 0) is 0 Å². The summed E-state index contributed by atoms with van der Waals surface area (Å²) in [5, 5.41) is 10.7. The van der Waals surface area contributed by atoms with Gasteiger partial charge >= 0.3 is 5.97 Å². The zero-order chi connectivity index (χ0) is 14.8. The second-order valence-corrected chi connectivity index (χ2v) is 4.21. The number of ether oxygens (including phenoxy) is 3. The lowest BCUT2D eigenvalue weighted by Crippen LogP contribution is -2.08. The molecular weight excluding hydrogens is 278 g/mol. The number of hydrogen-bond acceptors (Lipinski definition) is 6. The second-order valence-electron chi connectivity index (χ2n) is 4.21. The van der Waals surface area contributed by atoms with Crippen LogP contribution >= 0.6 is 0 Å². The summed E-state index contributed by atoms with van der Waals surface area (Å²) in [6.07, 6.45) is 0. The van der Waals surface area contributed by atoms with Crippen molar-refractivity contribution in [1.82, 2.24) is 0 Å². The van der Waals surface area contributed by atoms with Gasteiger partial charge in [-0.15, -0.1) is 0 Å². The molecule has 3 rings (SSSR count). The van der Waals surface area contributed by atoms with Crippen LogP contribution in [0.5, 0.6) is 17.2 Å². The van der Waals surface area contributed by atoms with Gasteiger partial charge in [0.1, 0.15) is 5.75 Å². The van der Waals surface area contributed by atoms with Crippen molar-refractivity contribution in [1.29, 1.82) is 0 Å². The van der Waals surface area contributed by atoms with Gasteiger partial charge in [0.15, 0.2) is 11.5 Å². The molecule has 2 aromatic carbocycles. The van der Waals surface area contributed by atoms with Gasteiger partial charge in [0.2, 0.25) is 6.79 Å². The smallest absolute Gasteiger partial charge is 0.343 e. The van der Waals surface area contributed by atoms with Crippen molar-refractivity contribution in [2.75, 3.05) is 6.79 Å². The first-order valence-electron chi connectivity index (χ1n) is 6.00. The minimum Gasteiger partial charge on any atom is -0.454 e. The molecule has 0 spiro atoms. The number of nitro groups is 1. The van der Waals surface area contributed by atoms with Crippen molar-refractivity contribution >= 4 is 11.7 Å². The predicted molar refractivity (Wildman–Crippen MR) is 70.6 cm³/mol. The highest BCUT2D eigenvalue weighted by molar-refractivity contribution is 5.91. The van der Waals surface area contributed by atoms with E-state index in [-0.39, 0.29) is 23.8 Å². The SMILES string of the molecule is O=C(Oc1ccc2c(c1)OCO2)c1cccc([N+](=O)[O-])c1. The highest BCUT2D eigenvalue weighted by Crippen LogP contribution is 2.35. The van der Waals surface area contributed by atoms with Crippen LogP contribution in [0.3, 0.4) is 0 Å². The van der Waals surface area contributed by atoms with Crippen LogP contribution in [0, 0.1) is 10.1 Å².